The van der Waals surface area contributed by atoms with Crippen LogP contribution >= 0.6 is 34.8 Å². The Morgan fingerprint density at radius 3 is 2.18 bits per heavy atom. The molecule has 0 radical (unpaired) electrons. The van der Waals surface area contributed by atoms with Gasteiger partial charge in [0.1, 0.15) is 12.8 Å². The Hall–Kier alpha value is -0.600. The van der Waals surface area contributed by atoms with Crippen molar-refractivity contribution < 1.29 is 22.7 Å². The number of rotatable bonds is 5. The summed E-state index contributed by atoms with van der Waals surface area (Å²) in [4.78, 5) is 11.5. The number of aliphatic hydroxyl groups excluding tert-OH is 1. The summed E-state index contributed by atoms with van der Waals surface area (Å²) in [6.07, 6.45) is -0.403. The number of benzene rings is 1. The van der Waals surface area contributed by atoms with Crippen LogP contribution in [-0.4, -0.2) is 42.2 Å². The summed E-state index contributed by atoms with van der Waals surface area (Å²) < 4.78 is 33.4. The van der Waals surface area contributed by atoms with Crippen LogP contribution in [0.2, 0.25) is 0 Å². The van der Waals surface area contributed by atoms with Gasteiger partial charge in [-0.2, -0.15) is 0 Å². The van der Waals surface area contributed by atoms with Gasteiger partial charge in [-0.25, -0.2) is 12.8 Å². The van der Waals surface area contributed by atoms with E-state index in [-0.39, 0.29) is 10.5 Å². The summed E-state index contributed by atoms with van der Waals surface area (Å²) in [5.74, 6) is -1.08. The minimum Gasteiger partial charge on any atom is -0.386 e. The van der Waals surface area contributed by atoms with Crippen LogP contribution in [-0.2, 0) is 14.6 Å². The van der Waals surface area contributed by atoms with E-state index in [9.17, 15) is 22.7 Å². The molecule has 0 aliphatic rings. The first-order chi connectivity index (χ1) is 9.96. The van der Waals surface area contributed by atoms with Crippen molar-refractivity contribution in [3.05, 3.63) is 29.8 Å². The number of hydrogen-bond acceptors (Lipinski definition) is 4. The Kier molecular flexibility index (Phi) is 6.46. The second-order valence-corrected chi connectivity index (χ2v) is 8.82. The Bertz CT molecular complexity index is 631. The second-order valence-electron chi connectivity index (χ2n) is 4.52. The molecule has 1 rings (SSSR count). The van der Waals surface area contributed by atoms with Gasteiger partial charge in [-0.15, -0.1) is 0 Å². The standard InChI is InChI=1S/C12H13Cl3FNO4S/c1-22(20,21)8-4-2-7(3-5-8)10(18)9(6-16)17-11(19)12(13,14)15/h2-5,9-10,18H,6H2,1H3,(H,17,19)/t9-,10-/m1/s1. The van der Waals surface area contributed by atoms with Crippen molar-refractivity contribution in [3.8, 4) is 0 Å². The predicted octanol–water partition coefficient (Wildman–Crippen LogP) is 1.95. The average molecular weight is 393 g/mol. The maximum Gasteiger partial charge on any atom is 0.272 e. The summed E-state index contributed by atoms with van der Waals surface area (Å²) >= 11 is 16.1. The van der Waals surface area contributed by atoms with Crippen LogP contribution < -0.4 is 5.32 Å². The molecule has 0 aliphatic heterocycles. The minimum absolute atomic E-state index is 0.0468. The van der Waals surface area contributed by atoms with E-state index in [1.54, 1.807) is 0 Å². The molecule has 1 amide bonds. The molecule has 0 aromatic heterocycles. The number of carbonyl (C=O) groups excluding carboxylic acids is 1. The van der Waals surface area contributed by atoms with Gasteiger partial charge in [-0.3, -0.25) is 4.79 Å². The molecule has 1 aromatic rings. The lowest BCUT2D eigenvalue weighted by molar-refractivity contribution is -0.122. The summed E-state index contributed by atoms with van der Waals surface area (Å²) in [6.45, 7) is -1.11. The number of sulfone groups is 1. The van der Waals surface area contributed by atoms with Gasteiger partial charge < -0.3 is 10.4 Å². The number of hydrogen-bond donors (Lipinski definition) is 2. The molecule has 0 fully saturated rings. The molecule has 0 saturated heterocycles. The van der Waals surface area contributed by atoms with Crippen molar-refractivity contribution in [1.82, 2.24) is 5.32 Å². The number of alkyl halides is 4. The smallest absolute Gasteiger partial charge is 0.272 e. The van der Waals surface area contributed by atoms with Gasteiger partial charge in [0.2, 0.25) is 0 Å². The minimum atomic E-state index is -3.39. The molecule has 2 N–H and O–H groups in total. The number of nitrogens with one attached hydrogen (secondary N) is 1. The molecular formula is C12H13Cl3FNO4S. The van der Waals surface area contributed by atoms with Gasteiger partial charge in [0.05, 0.1) is 10.9 Å². The zero-order chi connectivity index (χ0) is 17.1. The van der Waals surface area contributed by atoms with Crippen molar-refractivity contribution in [2.75, 3.05) is 12.9 Å². The van der Waals surface area contributed by atoms with Crippen molar-refractivity contribution in [2.45, 2.75) is 20.8 Å². The van der Waals surface area contributed by atoms with Crippen LogP contribution in [0.25, 0.3) is 0 Å². The van der Waals surface area contributed by atoms with E-state index in [0.717, 1.165) is 6.26 Å². The zero-order valence-electron chi connectivity index (χ0n) is 11.3. The van der Waals surface area contributed by atoms with E-state index in [2.05, 4.69) is 5.32 Å². The lowest BCUT2D eigenvalue weighted by Crippen LogP contribution is -2.45. The van der Waals surface area contributed by atoms with Crippen molar-refractivity contribution in [1.29, 1.82) is 0 Å². The highest BCUT2D eigenvalue weighted by atomic mass is 35.6. The molecule has 5 nitrogen and oxygen atoms in total. The number of amides is 1. The van der Waals surface area contributed by atoms with Gasteiger partial charge in [0.25, 0.3) is 9.70 Å². The quantitative estimate of drug-likeness (QED) is 0.750. The lowest BCUT2D eigenvalue weighted by Gasteiger charge is -2.23. The van der Waals surface area contributed by atoms with Crippen LogP contribution in [0.15, 0.2) is 29.2 Å². The SMILES string of the molecule is CS(=O)(=O)c1ccc([C@@H](O)[C@@H](CF)NC(=O)C(Cl)(Cl)Cl)cc1. The Labute approximate surface area is 142 Å². The van der Waals surface area contributed by atoms with Crippen LogP contribution in [0.5, 0.6) is 0 Å². The molecule has 0 spiro atoms. The zero-order valence-corrected chi connectivity index (χ0v) is 14.3. The highest BCUT2D eigenvalue weighted by molar-refractivity contribution is 7.90. The van der Waals surface area contributed by atoms with Gasteiger partial charge in [-0.1, -0.05) is 46.9 Å². The largest absolute Gasteiger partial charge is 0.386 e. The van der Waals surface area contributed by atoms with Crippen LogP contribution in [0, 0.1) is 0 Å². The molecule has 10 heteroatoms. The van der Waals surface area contributed by atoms with Gasteiger partial charge >= 0.3 is 0 Å². The first kappa shape index (κ1) is 19.4. The molecule has 0 aliphatic carbocycles. The molecule has 0 unspecified atom stereocenters. The maximum absolute atomic E-state index is 13.0. The van der Waals surface area contributed by atoms with Crippen molar-refractivity contribution >= 4 is 50.5 Å². The fraction of sp³-hybridized carbons (Fsp3) is 0.417. The topological polar surface area (TPSA) is 83.5 Å². The summed E-state index contributed by atoms with van der Waals surface area (Å²) in [7, 11) is -3.39. The fourth-order valence-electron chi connectivity index (χ4n) is 1.60. The molecule has 0 bridgehead atoms. The maximum atomic E-state index is 13.0. The van der Waals surface area contributed by atoms with Gasteiger partial charge in [0.15, 0.2) is 9.84 Å². The van der Waals surface area contributed by atoms with E-state index in [4.69, 9.17) is 34.8 Å². The first-order valence-corrected chi connectivity index (χ1v) is 8.91. The van der Waals surface area contributed by atoms with E-state index in [0.29, 0.717) is 0 Å². The normalized spacial score (nSPS) is 15.2. The molecule has 22 heavy (non-hydrogen) atoms. The molecule has 1 aromatic carbocycles. The summed E-state index contributed by atoms with van der Waals surface area (Å²) in [5.41, 5.74) is 0.208. The molecular weight excluding hydrogens is 380 g/mol. The Morgan fingerprint density at radius 2 is 1.82 bits per heavy atom. The third-order valence-electron chi connectivity index (χ3n) is 2.77. The molecule has 2 atom stereocenters. The van der Waals surface area contributed by atoms with Gasteiger partial charge in [0, 0.05) is 6.26 Å². The summed E-state index contributed by atoms with van der Waals surface area (Å²) in [5, 5.41) is 12.1. The molecule has 124 valence electrons. The van der Waals surface area contributed by atoms with E-state index in [1.165, 1.54) is 24.3 Å². The highest BCUT2D eigenvalue weighted by Crippen LogP contribution is 2.27. The second kappa shape index (κ2) is 7.31. The van der Waals surface area contributed by atoms with Crippen LogP contribution in [0.4, 0.5) is 4.39 Å². The van der Waals surface area contributed by atoms with Crippen molar-refractivity contribution in [3.63, 3.8) is 0 Å². The summed E-state index contributed by atoms with van der Waals surface area (Å²) in [6, 6.07) is 3.81. The highest BCUT2D eigenvalue weighted by Gasteiger charge is 2.34. The molecule has 0 saturated carbocycles. The Balaban J connectivity index is 2.93. The average Bonchev–Trinajstić information content (AvgIpc) is 2.41. The number of aliphatic hydroxyl groups is 1. The van der Waals surface area contributed by atoms with E-state index in [1.807, 2.05) is 0 Å². The first-order valence-electron chi connectivity index (χ1n) is 5.88. The fourth-order valence-corrected chi connectivity index (χ4v) is 2.39. The van der Waals surface area contributed by atoms with E-state index < -0.39 is 38.4 Å². The lowest BCUT2D eigenvalue weighted by atomic mass is 10.0. The molecule has 0 heterocycles. The predicted molar refractivity (Wildman–Crippen MR) is 82.7 cm³/mol. The number of halogens is 4. The Morgan fingerprint density at radius 1 is 1.32 bits per heavy atom. The van der Waals surface area contributed by atoms with Crippen LogP contribution in [0.1, 0.15) is 11.7 Å². The van der Waals surface area contributed by atoms with Gasteiger partial charge in [-0.05, 0) is 17.7 Å². The number of carbonyl (C=O) groups is 1. The van der Waals surface area contributed by atoms with Crippen molar-refractivity contribution in [2.24, 2.45) is 0 Å². The third-order valence-corrected chi connectivity index (χ3v) is 4.41. The third kappa shape index (κ3) is 5.24. The van der Waals surface area contributed by atoms with E-state index >= 15 is 0 Å². The monoisotopic (exact) mass is 391 g/mol. The van der Waals surface area contributed by atoms with Crippen LogP contribution in [0.3, 0.4) is 0 Å².